The summed E-state index contributed by atoms with van der Waals surface area (Å²) in [5.74, 6) is 0. The van der Waals surface area contributed by atoms with Gasteiger partial charge >= 0.3 is 6.09 Å². The Morgan fingerprint density at radius 3 is 3.20 bits per heavy atom. The smallest absolute Gasteiger partial charge is 0.407 e. The van der Waals surface area contributed by atoms with Crippen molar-refractivity contribution in [2.45, 2.75) is 24.4 Å². The number of carbonyl (C=O) groups is 1. The van der Waals surface area contributed by atoms with Gasteiger partial charge in [0.1, 0.15) is 6.10 Å². The van der Waals surface area contributed by atoms with E-state index in [-0.39, 0.29) is 17.0 Å². The van der Waals surface area contributed by atoms with Crippen LogP contribution in [0.3, 0.4) is 0 Å². The molecule has 82 valence electrons. The number of carbonyl (C=O) groups excluding carboxylic acids is 1. The Morgan fingerprint density at radius 1 is 1.87 bits per heavy atom. The van der Waals surface area contributed by atoms with Crippen molar-refractivity contribution in [1.82, 2.24) is 20.3 Å². The first-order valence-corrected chi connectivity index (χ1v) is 5.55. The minimum Gasteiger partial charge on any atom is -0.442 e. The van der Waals surface area contributed by atoms with E-state index in [1.807, 2.05) is 13.1 Å². The van der Waals surface area contributed by atoms with E-state index >= 15 is 0 Å². The molecule has 2 rings (SSSR count). The van der Waals surface area contributed by atoms with E-state index in [9.17, 15) is 4.79 Å². The average molecular weight is 275 g/mol. The first-order valence-electron chi connectivity index (χ1n) is 4.63. The molecule has 1 fully saturated rings. The predicted octanol–water partition coefficient (Wildman–Crippen LogP) is 0.842. The summed E-state index contributed by atoms with van der Waals surface area (Å²) in [4.78, 5) is 10.9. The number of nitrogens with one attached hydrogen (secondary N) is 1. The van der Waals surface area contributed by atoms with Crippen molar-refractivity contribution < 1.29 is 9.53 Å². The van der Waals surface area contributed by atoms with E-state index in [0.29, 0.717) is 13.1 Å². The summed E-state index contributed by atoms with van der Waals surface area (Å²) in [5, 5.41) is 10.5. The van der Waals surface area contributed by atoms with E-state index < -0.39 is 0 Å². The highest BCUT2D eigenvalue weighted by atomic mass is 79.9. The van der Waals surface area contributed by atoms with Gasteiger partial charge < -0.3 is 10.1 Å². The summed E-state index contributed by atoms with van der Waals surface area (Å²) in [6.07, 6.45) is 1.32. The third-order valence-electron chi connectivity index (χ3n) is 2.10. The number of alkyl carbamates (subject to hydrolysis) is 1. The van der Waals surface area contributed by atoms with Gasteiger partial charge in [-0.25, -0.2) is 9.48 Å². The summed E-state index contributed by atoms with van der Waals surface area (Å²) in [5.41, 5.74) is 0.868. The molecule has 15 heavy (non-hydrogen) atoms. The highest BCUT2D eigenvalue weighted by molar-refractivity contribution is 9.09. The highest BCUT2D eigenvalue weighted by Gasteiger charge is 2.23. The molecule has 1 aromatic rings. The molecular formula is C8H11BrN4O2. The third kappa shape index (κ3) is 2.47. The van der Waals surface area contributed by atoms with Crippen molar-refractivity contribution in [2.75, 3.05) is 6.54 Å². The number of hydrogen-bond donors (Lipinski definition) is 1. The van der Waals surface area contributed by atoms with Crippen LogP contribution in [0.2, 0.25) is 0 Å². The Balaban J connectivity index is 1.96. The van der Waals surface area contributed by atoms with Crippen molar-refractivity contribution in [3.05, 3.63) is 11.9 Å². The minimum atomic E-state index is -0.366. The molecule has 1 saturated heterocycles. The van der Waals surface area contributed by atoms with Gasteiger partial charge in [0, 0.05) is 6.20 Å². The molecule has 0 aromatic carbocycles. The Kier molecular flexibility index (Phi) is 2.90. The maximum Gasteiger partial charge on any atom is 0.407 e. The lowest BCUT2D eigenvalue weighted by Gasteiger charge is -2.05. The van der Waals surface area contributed by atoms with E-state index in [0.717, 1.165) is 5.69 Å². The van der Waals surface area contributed by atoms with E-state index in [1.165, 1.54) is 0 Å². The fourth-order valence-electron chi connectivity index (χ4n) is 1.33. The molecule has 1 N–H and O–H groups in total. The Hall–Kier alpha value is -1.11. The number of hydrogen-bond acceptors (Lipinski definition) is 4. The summed E-state index contributed by atoms with van der Waals surface area (Å²) < 4.78 is 6.66. The van der Waals surface area contributed by atoms with Gasteiger partial charge in [-0.2, -0.15) is 0 Å². The van der Waals surface area contributed by atoms with E-state index in [4.69, 9.17) is 4.74 Å². The zero-order valence-corrected chi connectivity index (χ0v) is 9.77. The summed E-state index contributed by atoms with van der Waals surface area (Å²) in [6, 6.07) is 0. The molecule has 0 aliphatic carbocycles. The molecule has 0 spiro atoms. The topological polar surface area (TPSA) is 69.0 Å². The Labute approximate surface area is 95.1 Å². The number of alkyl halides is 1. The van der Waals surface area contributed by atoms with Crippen molar-refractivity contribution in [1.29, 1.82) is 0 Å². The number of aromatic nitrogens is 3. The summed E-state index contributed by atoms with van der Waals surface area (Å²) in [7, 11) is 0. The van der Waals surface area contributed by atoms with Gasteiger partial charge in [-0.1, -0.05) is 21.1 Å². The molecular weight excluding hydrogens is 264 g/mol. The van der Waals surface area contributed by atoms with Gasteiger partial charge in [0.25, 0.3) is 0 Å². The van der Waals surface area contributed by atoms with Crippen molar-refractivity contribution in [3.63, 3.8) is 0 Å². The van der Waals surface area contributed by atoms with Crippen LogP contribution < -0.4 is 5.32 Å². The second-order valence-corrected chi connectivity index (χ2v) is 4.76. The molecule has 6 nitrogen and oxygen atoms in total. The number of amides is 1. The maximum atomic E-state index is 10.8. The zero-order chi connectivity index (χ0) is 10.8. The molecule has 1 aromatic heterocycles. The van der Waals surface area contributed by atoms with Crippen LogP contribution in [0.1, 0.15) is 17.4 Å². The standard InChI is InChI=1S/C8H11BrN4O2/c1-5(9)7-4-13(12-11-7)3-6-2-10-8(14)15-6/h4-6H,2-3H2,1H3,(H,10,14). The molecule has 2 atom stereocenters. The molecule has 0 radical (unpaired) electrons. The van der Waals surface area contributed by atoms with Crippen LogP contribution in [-0.4, -0.2) is 33.7 Å². The Bertz CT molecular complexity index is 365. The average Bonchev–Trinajstić information content (AvgIpc) is 2.76. The monoisotopic (exact) mass is 274 g/mol. The van der Waals surface area contributed by atoms with Gasteiger partial charge in [0.05, 0.1) is 23.6 Å². The van der Waals surface area contributed by atoms with Crippen molar-refractivity contribution in [2.24, 2.45) is 0 Å². The quantitative estimate of drug-likeness (QED) is 0.830. The molecule has 1 aliphatic heterocycles. The molecule has 0 saturated carbocycles. The van der Waals surface area contributed by atoms with Crippen molar-refractivity contribution >= 4 is 22.0 Å². The third-order valence-corrected chi connectivity index (χ3v) is 2.57. The number of ether oxygens (including phenoxy) is 1. The molecule has 0 bridgehead atoms. The van der Waals surface area contributed by atoms with E-state index in [2.05, 4.69) is 31.6 Å². The molecule has 2 heterocycles. The summed E-state index contributed by atoms with van der Waals surface area (Å²) >= 11 is 3.40. The molecule has 1 aliphatic rings. The molecule has 1 amide bonds. The molecule has 7 heteroatoms. The lowest BCUT2D eigenvalue weighted by molar-refractivity contribution is 0.128. The first kappa shape index (κ1) is 10.4. The number of cyclic esters (lactones) is 1. The minimum absolute atomic E-state index is 0.155. The van der Waals surface area contributed by atoms with Crippen LogP contribution >= 0.6 is 15.9 Å². The van der Waals surface area contributed by atoms with Crippen molar-refractivity contribution in [3.8, 4) is 0 Å². The lowest BCUT2D eigenvalue weighted by atomic mass is 10.3. The number of nitrogens with zero attached hydrogens (tertiary/aromatic N) is 3. The van der Waals surface area contributed by atoms with E-state index in [1.54, 1.807) is 4.68 Å². The Morgan fingerprint density at radius 2 is 2.67 bits per heavy atom. The van der Waals surface area contributed by atoms with Crippen LogP contribution in [0, 0.1) is 0 Å². The van der Waals surface area contributed by atoms with Gasteiger partial charge in [0.15, 0.2) is 0 Å². The van der Waals surface area contributed by atoms with Gasteiger partial charge in [-0.3, -0.25) is 0 Å². The zero-order valence-electron chi connectivity index (χ0n) is 8.18. The highest BCUT2D eigenvalue weighted by Crippen LogP contribution is 2.18. The predicted molar refractivity (Wildman–Crippen MR) is 55.6 cm³/mol. The van der Waals surface area contributed by atoms with Crippen LogP contribution in [-0.2, 0) is 11.3 Å². The first-order chi connectivity index (χ1) is 7.15. The van der Waals surface area contributed by atoms with Crippen LogP contribution in [0.25, 0.3) is 0 Å². The number of halogens is 1. The van der Waals surface area contributed by atoms with Gasteiger partial charge in [-0.05, 0) is 6.92 Å². The summed E-state index contributed by atoms with van der Waals surface area (Å²) in [6.45, 7) is 3.04. The van der Waals surface area contributed by atoms with Crippen LogP contribution in [0.15, 0.2) is 6.20 Å². The van der Waals surface area contributed by atoms with Gasteiger partial charge in [0.2, 0.25) is 0 Å². The fraction of sp³-hybridized carbons (Fsp3) is 0.625. The van der Waals surface area contributed by atoms with Crippen LogP contribution in [0.5, 0.6) is 0 Å². The largest absolute Gasteiger partial charge is 0.442 e. The SMILES string of the molecule is CC(Br)c1cn(CC2CNC(=O)O2)nn1. The second-order valence-electron chi connectivity index (χ2n) is 3.39. The fourth-order valence-corrected chi connectivity index (χ4v) is 1.54. The molecule has 2 unspecified atom stereocenters. The lowest BCUT2D eigenvalue weighted by Crippen LogP contribution is -2.20. The second kappa shape index (κ2) is 4.18. The normalized spacial score (nSPS) is 22.3. The van der Waals surface area contributed by atoms with Crippen LogP contribution in [0.4, 0.5) is 4.79 Å². The van der Waals surface area contributed by atoms with Gasteiger partial charge in [-0.15, -0.1) is 5.10 Å². The number of rotatable bonds is 3. The maximum absolute atomic E-state index is 10.8.